The maximum absolute atomic E-state index is 8.92. The Balaban J connectivity index is 1.46. The van der Waals surface area contributed by atoms with Gasteiger partial charge in [0.1, 0.15) is 18.0 Å². The number of hydrogen-bond acceptors (Lipinski definition) is 6. The van der Waals surface area contributed by atoms with Crippen molar-refractivity contribution in [1.82, 2.24) is 15.3 Å². The third-order valence-corrected chi connectivity index (χ3v) is 6.87. The van der Waals surface area contributed by atoms with E-state index >= 15 is 0 Å². The number of nitrogens with zero attached hydrogens (tertiary/aromatic N) is 3. The Bertz CT molecular complexity index is 1100. The Labute approximate surface area is 177 Å². The molecule has 1 atom stereocenters. The summed E-state index contributed by atoms with van der Waals surface area (Å²) in [6.45, 7) is 5.43. The van der Waals surface area contributed by atoms with Crippen molar-refractivity contribution in [3.63, 3.8) is 0 Å². The summed E-state index contributed by atoms with van der Waals surface area (Å²) in [7, 11) is 0. The van der Waals surface area contributed by atoms with Crippen molar-refractivity contribution in [3.8, 4) is 0 Å². The van der Waals surface area contributed by atoms with Gasteiger partial charge in [0.25, 0.3) is 0 Å². The fourth-order valence-electron chi connectivity index (χ4n) is 5.00. The summed E-state index contributed by atoms with van der Waals surface area (Å²) in [5.41, 5.74) is 8.67. The van der Waals surface area contributed by atoms with Crippen LogP contribution >= 0.6 is 0 Å². The smallest absolute Gasteiger partial charge is 0.143 e. The van der Waals surface area contributed by atoms with Crippen LogP contribution in [-0.4, -0.2) is 40.9 Å². The van der Waals surface area contributed by atoms with Gasteiger partial charge in [0.2, 0.25) is 0 Å². The molecule has 3 aromatic rings. The molecule has 0 amide bonds. The number of aromatic nitrogens is 2. The van der Waals surface area contributed by atoms with Crippen LogP contribution < -0.4 is 16.0 Å². The van der Waals surface area contributed by atoms with Crippen LogP contribution in [0.1, 0.15) is 30.9 Å². The highest BCUT2D eigenvalue weighted by Crippen LogP contribution is 2.47. The number of benzene rings is 2. The molecule has 4 N–H and O–H groups in total. The first-order chi connectivity index (χ1) is 14.6. The van der Waals surface area contributed by atoms with E-state index in [1.807, 2.05) is 12.1 Å². The molecule has 2 aliphatic rings. The van der Waals surface area contributed by atoms with Gasteiger partial charge in [-0.15, -0.1) is 0 Å². The van der Waals surface area contributed by atoms with Crippen molar-refractivity contribution in [2.45, 2.75) is 31.7 Å². The van der Waals surface area contributed by atoms with E-state index in [-0.39, 0.29) is 5.54 Å². The SMILES string of the molecule is CC1(C2CCNCC2)CN1c1ncnc(N)c1C(=N)Cc1cccc2ccccc12. The molecule has 1 aromatic heterocycles. The Morgan fingerprint density at radius 3 is 2.77 bits per heavy atom. The van der Waals surface area contributed by atoms with Crippen LogP contribution in [0.4, 0.5) is 11.6 Å². The van der Waals surface area contributed by atoms with E-state index in [2.05, 4.69) is 57.4 Å². The standard InChI is InChI=1S/C24H28N6/c1-24(18-9-11-27-12-10-18)14-30(24)23-21(22(26)28-15-29-23)20(25)13-17-7-4-6-16-5-2-3-8-19(16)17/h2-8,15,18,25,27H,9-14H2,1H3,(H2,26,28,29). The minimum absolute atomic E-state index is 0.0946. The predicted octanol–water partition coefficient (Wildman–Crippen LogP) is 3.40. The molecule has 6 heteroatoms. The molecule has 1 unspecified atom stereocenters. The molecule has 154 valence electrons. The molecule has 2 saturated heterocycles. The fourth-order valence-corrected chi connectivity index (χ4v) is 5.00. The summed E-state index contributed by atoms with van der Waals surface area (Å²) in [5, 5.41) is 14.7. The van der Waals surface area contributed by atoms with E-state index in [4.69, 9.17) is 11.1 Å². The van der Waals surface area contributed by atoms with Crippen molar-refractivity contribution in [2.24, 2.45) is 5.92 Å². The molecular formula is C24H28N6. The lowest BCUT2D eigenvalue weighted by molar-refractivity contribution is 0.317. The summed E-state index contributed by atoms with van der Waals surface area (Å²) < 4.78 is 0. The van der Waals surface area contributed by atoms with Crippen LogP contribution in [0.2, 0.25) is 0 Å². The van der Waals surface area contributed by atoms with Gasteiger partial charge >= 0.3 is 0 Å². The Morgan fingerprint density at radius 1 is 1.17 bits per heavy atom. The van der Waals surface area contributed by atoms with E-state index in [9.17, 15) is 0 Å². The first-order valence-corrected chi connectivity index (χ1v) is 10.7. The number of fused-ring (bicyclic) bond motifs is 1. The van der Waals surface area contributed by atoms with Crippen LogP contribution in [0.15, 0.2) is 48.8 Å². The van der Waals surface area contributed by atoms with Crippen molar-refractivity contribution in [3.05, 3.63) is 59.9 Å². The van der Waals surface area contributed by atoms with Gasteiger partial charge in [-0.1, -0.05) is 42.5 Å². The second kappa shape index (κ2) is 7.36. The quantitative estimate of drug-likeness (QED) is 0.451. The molecule has 2 fully saturated rings. The molecule has 2 aliphatic heterocycles. The maximum Gasteiger partial charge on any atom is 0.143 e. The zero-order valence-corrected chi connectivity index (χ0v) is 17.4. The number of piperidine rings is 1. The van der Waals surface area contributed by atoms with Crippen LogP contribution in [0.25, 0.3) is 10.8 Å². The number of nitrogen functional groups attached to an aromatic ring is 1. The lowest BCUT2D eigenvalue weighted by atomic mass is 9.85. The lowest BCUT2D eigenvalue weighted by Gasteiger charge is -2.29. The van der Waals surface area contributed by atoms with Gasteiger partial charge in [-0.2, -0.15) is 0 Å². The third-order valence-electron chi connectivity index (χ3n) is 6.87. The summed E-state index contributed by atoms with van der Waals surface area (Å²) in [5.74, 6) is 1.84. The van der Waals surface area contributed by atoms with Crippen molar-refractivity contribution < 1.29 is 0 Å². The minimum atomic E-state index is 0.0946. The number of nitrogens with one attached hydrogen (secondary N) is 2. The molecule has 3 heterocycles. The maximum atomic E-state index is 8.92. The van der Waals surface area contributed by atoms with Crippen molar-refractivity contribution in [2.75, 3.05) is 30.3 Å². The Kier molecular flexibility index (Phi) is 4.66. The van der Waals surface area contributed by atoms with Gasteiger partial charge in [0.15, 0.2) is 0 Å². The van der Waals surface area contributed by atoms with E-state index in [1.165, 1.54) is 29.9 Å². The summed E-state index contributed by atoms with van der Waals surface area (Å²) in [6.07, 6.45) is 4.39. The molecule has 0 saturated carbocycles. The molecule has 0 bridgehead atoms. The zero-order valence-electron chi connectivity index (χ0n) is 17.4. The van der Waals surface area contributed by atoms with Crippen LogP contribution in [-0.2, 0) is 6.42 Å². The summed E-state index contributed by atoms with van der Waals surface area (Å²) in [6, 6.07) is 14.6. The minimum Gasteiger partial charge on any atom is -0.383 e. The van der Waals surface area contributed by atoms with Gasteiger partial charge < -0.3 is 21.4 Å². The number of anilines is 2. The van der Waals surface area contributed by atoms with Crippen LogP contribution in [0, 0.1) is 11.3 Å². The van der Waals surface area contributed by atoms with Crippen molar-refractivity contribution >= 4 is 28.1 Å². The van der Waals surface area contributed by atoms with Gasteiger partial charge in [-0.3, -0.25) is 0 Å². The van der Waals surface area contributed by atoms with Gasteiger partial charge in [-0.05, 0) is 55.1 Å². The largest absolute Gasteiger partial charge is 0.383 e. The first kappa shape index (κ1) is 19.0. The highest BCUT2D eigenvalue weighted by atomic mass is 15.4. The van der Waals surface area contributed by atoms with E-state index in [1.54, 1.807) is 0 Å². The fraction of sp³-hybridized carbons (Fsp3) is 0.375. The highest BCUT2D eigenvalue weighted by Gasteiger charge is 2.54. The molecule has 0 aliphatic carbocycles. The van der Waals surface area contributed by atoms with Gasteiger partial charge in [-0.25, -0.2) is 9.97 Å². The molecule has 5 rings (SSSR count). The summed E-state index contributed by atoms with van der Waals surface area (Å²) in [4.78, 5) is 11.1. The zero-order chi connectivity index (χ0) is 20.7. The first-order valence-electron chi connectivity index (χ1n) is 10.7. The normalized spacial score (nSPS) is 21.7. The Morgan fingerprint density at radius 2 is 1.93 bits per heavy atom. The number of hydrogen-bond donors (Lipinski definition) is 3. The van der Waals surface area contributed by atoms with E-state index in [0.29, 0.717) is 29.4 Å². The van der Waals surface area contributed by atoms with Crippen molar-refractivity contribution in [1.29, 1.82) is 5.41 Å². The summed E-state index contributed by atoms with van der Waals surface area (Å²) >= 11 is 0. The van der Waals surface area contributed by atoms with Crippen LogP contribution in [0.5, 0.6) is 0 Å². The molecule has 2 aromatic carbocycles. The second-order valence-electron chi connectivity index (χ2n) is 8.72. The average molecular weight is 401 g/mol. The molecule has 30 heavy (non-hydrogen) atoms. The number of nitrogens with two attached hydrogens (primary N) is 1. The topological polar surface area (TPSA) is 90.7 Å². The highest BCUT2D eigenvalue weighted by molar-refractivity contribution is 6.08. The van der Waals surface area contributed by atoms with Gasteiger partial charge in [0, 0.05) is 13.0 Å². The molecule has 6 nitrogen and oxygen atoms in total. The molecular weight excluding hydrogens is 372 g/mol. The lowest BCUT2D eigenvalue weighted by Crippen LogP contribution is -2.37. The predicted molar refractivity (Wildman–Crippen MR) is 122 cm³/mol. The third kappa shape index (κ3) is 3.21. The molecule has 0 spiro atoms. The number of rotatable bonds is 5. The second-order valence-corrected chi connectivity index (χ2v) is 8.72. The van der Waals surface area contributed by atoms with Gasteiger partial charge in [0.05, 0.1) is 16.8 Å². The monoisotopic (exact) mass is 400 g/mol. The average Bonchev–Trinajstić information content (AvgIpc) is 3.47. The van der Waals surface area contributed by atoms with E-state index < -0.39 is 0 Å². The molecule has 0 radical (unpaired) electrons. The Hall–Kier alpha value is -2.99. The van der Waals surface area contributed by atoms with Crippen LogP contribution in [0.3, 0.4) is 0 Å². The van der Waals surface area contributed by atoms with E-state index in [0.717, 1.165) is 31.0 Å².